The second kappa shape index (κ2) is 7.93. The highest BCUT2D eigenvalue weighted by Gasteiger charge is 2.14. The van der Waals surface area contributed by atoms with Crippen molar-refractivity contribution in [1.29, 1.82) is 0 Å². The smallest absolute Gasteiger partial charge is 0.277 e. The predicted molar refractivity (Wildman–Crippen MR) is 89.6 cm³/mol. The molecule has 0 atom stereocenters. The summed E-state index contributed by atoms with van der Waals surface area (Å²) < 4.78 is 0. The van der Waals surface area contributed by atoms with Crippen LogP contribution < -0.4 is 10.4 Å². The number of carbonyl (C=O) groups is 1. The maximum atomic E-state index is 11.4. The first kappa shape index (κ1) is 16.5. The first-order valence-corrected chi connectivity index (χ1v) is 7.57. The molecule has 1 amide bonds. The molecule has 8 nitrogen and oxygen atoms in total. The average Bonchev–Trinajstić information content (AvgIpc) is 2.68. The molecule has 0 saturated heterocycles. The SMILES string of the molecule is O=C(NO)c1cnc(N(Cc2ccccn2)Cc2ccccn2)nc1. The van der Waals surface area contributed by atoms with E-state index in [1.165, 1.54) is 12.4 Å². The van der Waals surface area contributed by atoms with E-state index in [4.69, 9.17) is 5.21 Å². The van der Waals surface area contributed by atoms with Crippen molar-refractivity contribution in [3.05, 3.63) is 78.1 Å². The highest BCUT2D eigenvalue weighted by Crippen LogP contribution is 2.14. The molecule has 0 aliphatic heterocycles. The fourth-order valence-corrected chi connectivity index (χ4v) is 2.24. The number of hydrogen-bond donors (Lipinski definition) is 2. The van der Waals surface area contributed by atoms with Crippen LogP contribution in [0.5, 0.6) is 0 Å². The van der Waals surface area contributed by atoms with Gasteiger partial charge in [0.25, 0.3) is 5.91 Å². The van der Waals surface area contributed by atoms with Crippen LogP contribution >= 0.6 is 0 Å². The Balaban J connectivity index is 1.86. The molecule has 0 radical (unpaired) electrons. The lowest BCUT2D eigenvalue weighted by molar-refractivity contribution is 0.0705. The Labute approximate surface area is 144 Å². The molecule has 3 aromatic rings. The van der Waals surface area contributed by atoms with Crippen molar-refractivity contribution in [2.24, 2.45) is 0 Å². The standard InChI is InChI=1S/C17H16N6O2/c24-16(22-25)13-9-20-17(21-10-13)23(11-14-5-1-3-7-18-14)12-15-6-2-4-8-19-15/h1-10,25H,11-12H2,(H,22,24). The highest BCUT2D eigenvalue weighted by atomic mass is 16.5. The number of nitrogens with zero attached hydrogens (tertiary/aromatic N) is 5. The van der Waals surface area contributed by atoms with E-state index >= 15 is 0 Å². The summed E-state index contributed by atoms with van der Waals surface area (Å²) in [5, 5.41) is 8.67. The van der Waals surface area contributed by atoms with Crippen molar-refractivity contribution in [3.63, 3.8) is 0 Å². The Bertz CT molecular complexity index is 770. The number of amides is 1. The fourth-order valence-electron chi connectivity index (χ4n) is 2.24. The summed E-state index contributed by atoms with van der Waals surface area (Å²) in [4.78, 5) is 30.4. The molecular formula is C17H16N6O2. The van der Waals surface area contributed by atoms with Gasteiger partial charge in [0.2, 0.25) is 5.95 Å². The van der Waals surface area contributed by atoms with Crippen molar-refractivity contribution >= 4 is 11.9 Å². The summed E-state index contributed by atoms with van der Waals surface area (Å²) in [7, 11) is 0. The molecule has 3 rings (SSSR count). The highest BCUT2D eigenvalue weighted by molar-refractivity contribution is 5.92. The van der Waals surface area contributed by atoms with E-state index in [0.717, 1.165) is 11.4 Å². The summed E-state index contributed by atoms with van der Waals surface area (Å²) in [6, 6.07) is 11.4. The van der Waals surface area contributed by atoms with Crippen LogP contribution in [-0.4, -0.2) is 31.1 Å². The second-order valence-corrected chi connectivity index (χ2v) is 5.21. The van der Waals surface area contributed by atoms with Gasteiger partial charge in [-0.2, -0.15) is 0 Å². The lowest BCUT2D eigenvalue weighted by Gasteiger charge is -2.22. The van der Waals surface area contributed by atoms with Crippen LogP contribution in [-0.2, 0) is 13.1 Å². The predicted octanol–water partition coefficient (Wildman–Crippen LogP) is 1.59. The first-order valence-electron chi connectivity index (χ1n) is 7.57. The van der Waals surface area contributed by atoms with Gasteiger partial charge in [0.1, 0.15) is 0 Å². The molecule has 3 aromatic heterocycles. The third-order valence-corrected chi connectivity index (χ3v) is 3.44. The Morgan fingerprint density at radius 2 is 1.48 bits per heavy atom. The summed E-state index contributed by atoms with van der Waals surface area (Å²) in [6.45, 7) is 0.978. The third kappa shape index (κ3) is 4.33. The van der Waals surface area contributed by atoms with Gasteiger partial charge in [-0.3, -0.25) is 20.0 Å². The van der Waals surface area contributed by atoms with Crippen molar-refractivity contribution in [2.75, 3.05) is 4.90 Å². The van der Waals surface area contributed by atoms with Gasteiger partial charge in [0, 0.05) is 24.8 Å². The molecule has 0 fully saturated rings. The Morgan fingerprint density at radius 1 is 0.920 bits per heavy atom. The van der Waals surface area contributed by atoms with Gasteiger partial charge >= 0.3 is 0 Å². The van der Waals surface area contributed by atoms with Gasteiger partial charge in [-0.05, 0) is 24.3 Å². The van der Waals surface area contributed by atoms with Crippen LogP contribution in [0.15, 0.2) is 61.2 Å². The molecular weight excluding hydrogens is 320 g/mol. The Hall–Kier alpha value is -3.39. The maximum absolute atomic E-state index is 11.4. The van der Waals surface area contributed by atoms with E-state index in [2.05, 4.69) is 19.9 Å². The second-order valence-electron chi connectivity index (χ2n) is 5.21. The Morgan fingerprint density at radius 3 is 1.92 bits per heavy atom. The normalized spacial score (nSPS) is 10.3. The molecule has 0 aliphatic carbocycles. The zero-order chi connectivity index (χ0) is 17.5. The minimum atomic E-state index is -0.660. The molecule has 25 heavy (non-hydrogen) atoms. The van der Waals surface area contributed by atoms with Gasteiger partial charge in [0.05, 0.1) is 30.0 Å². The molecule has 0 aliphatic rings. The maximum Gasteiger partial charge on any atom is 0.277 e. The Kier molecular flexibility index (Phi) is 5.22. The van der Waals surface area contributed by atoms with Crippen molar-refractivity contribution in [3.8, 4) is 0 Å². The number of rotatable bonds is 6. The lowest BCUT2D eigenvalue weighted by Crippen LogP contribution is -2.26. The lowest BCUT2D eigenvalue weighted by atomic mass is 10.3. The zero-order valence-corrected chi connectivity index (χ0v) is 13.3. The molecule has 0 unspecified atom stereocenters. The molecule has 3 heterocycles. The summed E-state index contributed by atoms with van der Waals surface area (Å²) in [5.41, 5.74) is 3.45. The van der Waals surface area contributed by atoms with E-state index < -0.39 is 5.91 Å². The topological polar surface area (TPSA) is 104 Å². The van der Waals surface area contributed by atoms with E-state index in [1.54, 1.807) is 17.9 Å². The van der Waals surface area contributed by atoms with Gasteiger partial charge in [-0.25, -0.2) is 15.4 Å². The van der Waals surface area contributed by atoms with Crippen LogP contribution in [0.1, 0.15) is 21.7 Å². The van der Waals surface area contributed by atoms with Crippen molar-refractivity contribution in [2.45, 2.75) is 13.1 Å². The number of carbonyl (C=O) groups excluding carboxylic acids is 1. The number of hydrogen-bond acceptors (Lipinski definition) is 7. The molecule has 0 aromatic carbocycles. The van der Waals surface area contributed by atoms with Crippen LogP contribution in [0.4, 0.5) is 5.95 Å². The van der Waals surface area contributed by atoms with Crippen molar-refractivity contribution in [1.82, 2.24) is 25.4 Å². The molecule has 0 saturated carbocycles. The fraction of sp³-hybridized carbons (Fsp3) is 0.118. The first-order chi connectivity index (χ1) is 12.3. The van der Waals surface area contributed by atoms with Crippen LogP contribution in [0.3, 0.4) is 0 Å². The van der Waals surface area contributed by atoms with E-state index in [9.17, 15) is 4.79 Å². The van der Waals surface area contributed by atoms with Gasteiger partial charge in [-0.1, -0.05) is 12.1 Å². The van der Waals surface area contributed by atoms with Gasteiger partial charge < -0.3 is 4.90 Å². The third-order valence-electron chi connectivity index (χ3n) is 3.44. The summed E-state index contributed by atoms with van der Waals surface area (Å²) in [6.07, 6.45) is 6.17. The van der Waals surface area contributed by atoms with Gasteiger partial charge in [-0.15, -0.1) is 0 Å². The quantitative estimate of drug-likeness (QED) is 0.520. The molecule has 8 heteroatoms. The number of nitrogens with one attached hydrogen (secondary N) is 1. The number of hydroxylamine groups is 1. The zero-order valence-electron chi connectivity index (χ0n) is 13.3. The van der Waals surface area contributed by atoms with E-state index in [0.29, 0.717) is 19.0 Å². The molecule has 2 N–H and O–H groups in total. The largest absolute Gasteiger partial charge is 0.329 e. The van der Waals surface area contributed by atoms with Crippen LogP contribution in [0.25, 0.3) is 0 Å². The average molecular weight is 336 g/mol. The number of pyridine rings is 2. The van der Waals surface area contributed by atoms with Crippen LogP contribution in [0, 0.1) is 0 Å². The molecule has 0 bridgehead atoms. The minimum Gasteiger partial charge on any atom is -0.329 e. The van der Waals surface area contributed by atoms with E-state index in [1.807, 2.05) is 41.3 Å². The molecule has 0 spiro atoms. The van der Waals surface area contributed by atoms with Crippen molar-refractivity contribution < 1.29 is 10.0 Å². The summed E-state index contributed by atoms with van der Waals surface area (Å²) >= 11 is 0. The molecule has 126 valence electrons. The minimum absolute atomic E-state index is 0.168. The summed E-state index contributed by atoms with van der Waals surface area (Å²) in [5.74, 6) is -0.224. The monoisotopic (exact) mass is 336 g/mol. The number of anilines is 1. The van der Waals surface area contributed by atoms with Crippen LogP contribution in [0.2, 0.25) is 0 Å². The van der Waals surface area contributed by atoms with Gasteiger partial charge in [0.15, 0.2) is 0 Å². The van der Waals surface area contributed by atoms with E-state index in [-0.39, 0.29) is 5.56 Å². The number of aromatic nitrogens is 4.